The van der Waals surface area contributed by atoms with Crippen LogP contribution in [0.3, 0.4) is 0 Å². The lowest BCUT2D eigenvalue weighted by atomic mass is 10.4. The van der Waals surface area contributed by atoms with E-state index < -0.39 is 12.0 Å². The van der Waals surface area contributed by atoms with Gasteiger partial charge in [0.1, 0.15) is 6.04 Å². The van der Waals surface area contributed by atoms with Gasteiger partial charge in [-0.05, 0) is 6.92 Å². The monoisotopic (exact) mass is 193 g/mol. The van der Waals surface area contributed by atoms with Crippen LogP contribution in [0.2, 0.25) is 0 Å². The average molecular weight is 193 g/mol. The molecule has 0 fully saturated rings. The number of methoxy groups -OCH3 is 1. The van der Waals surface area contributed by atoms with Gasteiger partial charge in [0.2, 0.25) is 0 Å². The van der Waals surface area contributed by atoms with Gasteiger partial charge in [-0.25, -0.2) is 0 Å². The molecule has 0 aliphatic carbocycles. The van der Waals surface area contributed by atoms with Crippen LogP contribution in [0.1, 0.15) is 6.92 Å². The van der Waals surface area contributed by atoms with Crippen molar-refractivity contribution in [3.8, 4) is 0 Å². The number of carboxylic acids is 1. The molecule has 12 heavy (non-hydrogen) atoms. The molecule has 0 aromatic heterocycles. The van der Waals surface area contributed by atoms with Crippen LogP contribution in [0.25, 0.3) is 0 Å². The largest absolute Gasteiger partial charge is 0.480 e. The maximum absolute atomic E-state index is 10.3. The molecule has 0 aliphatic rings. The molecule has 0 bridgehead atoms. The van der Waals surface area contributed by atoms with Gasteiger partial charge in [-0.1, -0.05) is 0 Å². The normalized spacial score (nSPS) is 15.6. The van der Waals surface area contributed by atoms with Gasteiger partial charge in [-0.2, -0.15) is 11.8 Å². The van der Waals surface area contributed by atoms with Crippen LogP contribution in [0.5, 0.6) is 0 Å². The summed E-state index contributed by atoms with van der Waals surface area (Å²) in [4.78, 5) is 10.3. The Labute approximate surface area is 76.5 Å². The van der Waals surface area contributed by atoms with Gasteiger partial charge >= 0.3 is 5.97 Å². The van der Waals surface area contributed by atoms with Crippen LogP contribution in [-0.2, 0) is 9.53 Å². The Morgan fingerprint density at radius 2 is 2.25 bits per heavy atom. The summed E-state index contributed by atoms with van der Waals surface area (Å²) in [5, 5.41) is 8.43. The predicted octanol–water partition coefficient (Wildman–Crippen LogP) is 0.166. The molecule has 0 saturated carbocycles. The highest BCUT2D eigenvalue weighted by molar-refractivity contribution is 7.99. The fraction of sp³-hybridized carbons (Fsp3) is 0.857. The van der Waals surface area contributed by atoms with Crippen molar-refractivity contribution in [1.29, 1.82) is 0 Å². The van der Waals surface area contributed by atoms with Crippen LogP contribution in [-0.4, -0.2) is 41.8 Å². The molecule has 3 N–H and O–H groups in total. The van der Waals surface area contributed by atoms with Gasteiger partial charge in [-0.15, -0.1) is 0 Å². The van der Waals surface area contributed by atoms with Crippen LogP contribution >= 0.6 is 11.8 Å². The second kappa shape index (κ2) is 6.28. The molecule has 1 unspecified atom stereocenters. The summed E-state index contributed by atoms with van der Waals surface area (Å²) >= 11 is 1.49. The Hall–Kier alpha value is -0.260. The van der Waals surface area contributed by atoms with E-state index in [4.69, 9.17) is 15.6 Å². The third kappa shape index (κ3) is 5.40. The van der Waals surface area contributed by atoms with Crippen molar-refractivity contribution in [3.63, 3.8) is 0 Å². The highest BCUT2D eigenvalue weighted by Gasteiger charge is 2.11. The SMILES string of the molecule is COC(C)CSC[C@H](N)C(=O)O. The minimum Gasteiger partial charge on any atom is -0.480 e. The smallest absolute Gasteiger partial charge is 0.321 e. The number of thioether (sulfide) groups is 1. The van der Waals surface area contributed by atoms with E-state index in [9.17, 15) is 4.79 Å². The Morgan fingerprint density at radius 1 is 1.67 bits per heavy atom. The van der Waals surface area contributed by atoms with Crippen LogP contribution in [0, 0.1) is 0 Å². The quantitative estimate of drug-likeness (QED) is 0.629. The van der Waals surface area contributed by atoms with E-state index in [1.165, 1.54) is 11.8 Å². The first-order chi connectivity index (χ1) is 5.57. The van der Waals surface area contributed by atoms with Crippen molar-refractivity contribution < 1.29 is 14.6 Å². The second-order valence-electron chi connectivity index (χ2n) is 2.53. The molecular formula is C7H15NO3S. The summed E-state index contributed by atoms with van der Waals surface area (Å²) in [5.41, 5.74) is 5.28. The maximum atomic E-state index is 10.3. The molecule has 0 rings (SSSR count). The summed E-state index contributed by atoms with van der Waals surface area (Å²) in [6.45, 7) is 1.93. The summed E-state index contributed by atoms with van der Waals surface area (Å²) in [7, 11) is 1.63. The molecule has 0 aliphatic heterocycles. The molecule has 4 nitrogen and oxygen atoms in total. The molecule has 2 atom stereocenters. The summed E-state index contributed by atoms with van der Waals surface area (Å²) in [5.74, 6) is 0.258. The van der Waals surface area contributed by atoms with Crippen molar-refractivity contribution in [1.82, 2.24) is 0 Å². The number of ether oxygens (including phenoxy) is 1. The van der Waals surface area contributed by atoms with E-state index in [-0.39, 0.29) is 6.10 Å². The molecule has 72 valence electrons. The molecule has 0 radical (unpaired) electrons. The van der Waals surface area contributed by atoms with E-state index in [0.29, 0.717) is 5.75 Å². The second-order valence-corrected chi connectivity index (χ2v) is 3.60. The third-order valence-electron chi connectivity index (χ3n) is 1.37. The Balaban J connectivity index is 3.37. The lowest BCUT2D eigenvalue weighted by Gasteiger charge is -2.09. The Kier molecular flexibility index (Phi) is 6.14. The Bertz CT molecular complexity index is 143. The average Bonchev–Trinajstić information content (AvgIpc) is 2.03. The molecule has 0 saturated heterocycles. The lowest BCUT2D eigenvalue weighted by Crippen LogP contribution is -2.32. The molecule has 0 amide bonds. The summed E-state index contributed by atoms with van der Waals surface area (Å²) in [6, 6.07) is -0.765. The minimum atomic E-state index is -0.951. The number of hydrogen-bond donors (Lipinski definition) is 2. The van der Waals surface area contributed by atoms with Gasteiger partial charge in [0, 0.05) is 18.6 Å². The number of aliphatic carboxylic acids is 1. The number of carbonyl (C=O) groups is 1. The molecule has 0 spiro atoms. The minimum absolute atomic E-state index is 0.149. The number of hydrogen-bond acceptors (Lipinski definition) is 4. The molecule has 5 heteroatoms. The molecular weight excluding hydrogens is 178 g/mol. The highest BCUT2D eigenvalue weighted by Crippen LogP contribution is 2.05. The van der Waals surface area contributed by atoms with Crippen molar-refractivity contribution in [3.05, 3.63) is 0 Å². The Morgan fingerprint density at radius 3 is 2.67 bits per heavy atom. The van der Waals surface area contributed by atoms with E-state index >= 15 is 0 Å². The standard InChI is InChI=1S/C7H15NO3S/c1-5(11-2)3-12-4-6(8)7(9)10/h5-6H,3-4,8H2,1-2H3,(H,9,10)/t5?,6-/m0/s1. The van der Waals surface area contributed by atoms with E-state index in [0.717, 1.165) is 5.75 Å². The fourth-order valence-electron chi connectivity index (χ4n) is 0.500. The topological polar surface area (TPSA) is 72.5 Å². The van der Waals surface area contributed by atoms with Gasteiger partial charge in [0.25, 0.3) is 0 Å². The van der Waals surface area contributed by atoms with Gasteiger partial charge in [0.15, 0.2) is 0 Å². The van der Waals surface area contributed by atoms with Gasteiger partial charge in [0.05, 0.1) is 6.10 Å². The molecule has 0 aromatic rings. The van der Waals surface area contributed by atoms with Crippen molar-refractivity contribution in [2.75, 3.05) is 18.6 Å². The predicted molar refractivity (Wildman–Crippen MR) is 49.4 cm³/mol. The molecule has 0 heterocycles. The van der Waals surface area contributed by atoms with Gasteiger partial charge < -0.3 is 15.6 Å². The van der Waals surface area contributed by atoms with Crippen molar-refractivity contribution >= 4 is 17.7 Å². The number of carboxylic acid groups (broad SMARTS) is 1. The van der Waals surface area contributed by atoms with E-state index in [2.05, 4.69) is 0 Å². The zero-order valence-electron chi connectivity index (χ0n) is 7.32. The van der Waals surface area contributed by atoms with E-state index in [1.807, 2.05) is 6.92 Å². The maximum Gasteiger partial charge on any atom is 0.321 e. The summed E-state index contributed by atoms with van der Waals surface area (Å²) < 4.78 is 4.98. The van der Waals surface area contributed by atoms with Crippen LogP contribution in [0.15, 0.2) is 0 Å². The highest BCUT2D eigenvalue weighted by atomic mass is 32.2. The zero-order chi connectivity index (χ0) is 9.56. The zero-order valence-corrected chi connectivity index (χ0v) is 8.13. The first-order valence-corrected chi connectivity index (χ1v) is 4.82. The van der Waals surface area contributed by atoms with Gasteiger partial charge in [-0.3, -0.25) is 4.79 Å². The van der Waals surface area contributed by atoms with E-state index in [1.54, 1.807) is 7.11 Å². The fourth-order valence-corrected chi connectivity index (χ4v) is 1.50. The first-order valence-electron chi connectivity index (χ1n) is 3.66. The lowest BCUT2D eigenvalue weighted by molar-refractivity contribution is -0.137. The number of rotatable bonds is 6. The molecule has 0 aromatic carbocycles. The van der Waals surface area contributed by atoms with Crippen LogP contribution in [0.4, 0.5) is 0 Å². The van der Waals surface area contributed by atoms with Crippen molar-refractivity contribution in [2.24, 2.45) is 5.73 Å². The third-order valence-corrected chi connectivity index (χ3v) is 2.67. The summed E-state index contributed by atoms with van der Waals surface area (Å²) in [6.07, 6.45) is 0.149. The number of nitrogens with two attached hydrogens (primary N) is 1. The first kappa shape index (κ1) is 11.7. The van der Waals surface area contributed by atoms with Crippen LogP contribution < -0.4 is 5.73 Å². The van der Waals surface area contributed by atoms with Crippen molar-refractivity contribution in [2.45, 2.75) is 19.1 Å².